The predicted molar refractivity (Wildman–Crippen MR) is 63.5 cm³/mol. The van der Waals surface area contributed by atoms with Gasteiger partial charge in [0, 0.05) is 19.4 Å². The number of nitrogens with zero attached hydrogens (tertiary/aromatic N) is 1. The minimum absolute atomic E-state index is 0.0382. The normalized spacial score (nSPS) is 21.4. The maximum atomic E-state index is 11.6. The summed E-state index contributed by atoms with van der Waals surface area (Å²) in [6.07, 6.45) is 6.02. The van der Waals surface area contributed by atoms with Crippen LogP contribution in [0.3, 0.4) is 0 Å². The largest absolute Gasteiger partial charge is 0.462 e. The molecule has 0 N–H and O–H groups in total. The van der Waals surface area contributed by atoms with Crippen LogP contribution in [0.2, 0.25) is 0 Å². The summed E-state index contributed by atoms with van der Waals surface area (Å²) >= 11 is 0. The second-order valence-electron chi connectivity index (χ2n) is 4.94. The zero-order valence-corrected chi connectivity index (χ0v) is 10.5. The molecule has 2 aliphatic rings. The van der Waals surface area contributed by atoms with Crippen molar-refractivity contribution < 1.29 is 19.1 Å². The van der Waals surface area contributed by atoms with Gasteiger partial charge >= 0.3 is 5.97 Å². The fourth-order valence-corrected chi connectivity index (χ4v) is 2.50. The van der Waals surface area contributed by atoms with Crippen LogP contribution in [0.15, 0.2) is 0 Å². The van der Waals surface area contributed by atoms with Crippen LogP contribution in [0.4, 0.5) is 0 Å². The molecule has 0 aromatic rings. The molecule has 0 bridgehead atoms. The summed E-state index contributed by atoms with van der Waals surface area (Å²) in [6, 6.07) is 0. The molecule has 100 valence electrons. The first-order valence-corrected chi connectivity index (χ1v) is 6.69. The lowest BCUT2D eigenvalue weighted by atomic mass is 9.98. The molecule has 1 aliphatic heterocycles. The van der Waals surface area contributed by atoms with Crippen LogP contribution in [0.1, 0.15) is 51.4 Å². The molecule has 2 amide bonds. The first-order chi connectivity index (χ1) is 8.66. The summed E-state index contributed by atoms with van der Waals surface area (Å²) in [5.41, 5.74) is 0. The van der Waals surface area contributed by atoms with Crippen LogP contribution in [-0.4, -0.2) is 35.3 Å². The Morgan fingerprint density at radius 2 is 1.72 bits per heavy atom. The van der Waals surface area contributed by atoms with E-state index in [0.717, 1.165) is 25.7 Å². The van der Waals surface area contributed by atoms with Gasteiger partial charge in [-0.15, -0.1) is 0 Å². The van der Waals surface area contributed by atoms with E-state index < -0.39 is 0 Å². The highest BCUT2D eigenvalue weighted by molar-refractivity contribution is 6.02. The number of ether oxygens (including phenoxy) is 1. The lowest BCUT2D eigenvalue weighted by Gasteiger charge is -2.22. The van der Waals surface area contributed by atoms with E-state index in [-0.39, 0.29) is 49.7 Å². The Bertz CT molecular complexity index is 331. The number of hydrogen-bond acceptors (Lipinski definition) is 4. The Morgan fingerprint density at radius 1 is 1.11 bits per heavy atom. The zero-order chi connectivity index (χ0) is 13.0. The molecule has 0 unspecified atom stereocenters. The monoisotopic (exact) mass is 253 g/mol. The molecular formula is C13H19NO4. The maximum Gasteiger partial charge on any atom is 0.307 e. The molecule has 0 aromatic carbocycles. The smallest absolute Gasteiger partial charge is 0.307 e. The van der Waals surface area contributed by atoms with Gasteiger partial charge in [-0.05, 0) is 25.7 Å². The average molecular weight is 253 g/mol. The fraction of sp³-hybridized carbons (Fsp3) is 0.769. The van der Waals surface area contributed by atoms with Gasteiger partial charge in [0.2, 0.25) is 11.8 Å². The minimum Gasteiger partial charge on any atom is -0.462 e. The summed E-state index contributed by atoms with van der Waals surface area (Å²) in [6.45, 7) is 0.170. The molecule has 2 rings (SSSR count). The van der Waals surface area contributed by atoms with Gasteiger partial charge in [0.1, 0.15) is 6.10 Å². The molecule has 5 nitrogen and oxygen atoms in total. The van der Waals surface area contributed by atoms with Crippen molar-refractivity contribution in [2.45, 2.75) is 57.5 Å². The van der Waals surface area contributed by atoms with Gasteiger partial charge in [-0.25, -0.2) is 0 Å². The third kappa shape index (κ3) is 3.31. The van der Waals surface area contributed by atoms with Crippen molar-refractivity contribution >= 4 is 17.8 Å². The van der Waals surface area contributed by atoms with Crippen LogP contribution < -0.4 is 0 Å². The van der Waals surface area contributed by atoms with Gasteiger partial charge in [-0.1, -0.05) is 6.42 Å². The Morgan fingerprint density at radius 3 is 2.33 bits per heavy atom. The van der Waals surface area contributed by atoms with E-state index in [2.05, 4.69) is 0 Å². The van der Waals surface area contributed by atoms with Crippen molar-refractivity contribution in [1.82, 2.24) is 4.90 Å². The Labute approximate surface area is 106 Å². The Kier molecular flexibility index (Phi) is 4.33. The van der Waals surface area contributed by atoms with Crippen molar-refractivity contribution in [1.29, 1.82) is 0 Å². The highest BCUT2D eigenvalue weighted by Crippen LogP contribution is 2.21. The van der Waals surface area contributed by atoms with E-state index in [9.17, 15) is 14.4 Å². The van der Waals surface area contributed by atoms with Crippen molar-refractivity contribution in [3.63, 3.8) is 0 Å². The average Bonchev–Trinajstić information content (AvgIpc) is 2.68. The molecule has 2 fully saturated rings. The number of carbonyl (C=O) groups excluding carboxylic acids is 3. The molecule has 1 saturated carbocycles. The Hall–Kier alpha value is -1.39. The lowest BCUT2D eigenvalue weighted by molar-refractivity contribution is -0.151. The van der Waals surface area contributed by atoms with Crippen LogP contribution in [0, 0.1) is 0 Å². The molecule has 5 heteroatoms. The van der Waals surface area contributed by atoms with Crippen LogP contribution in [-0.2, 0) is 19.1 Å². The van der Waals surface area contributed by atoms with Crippen molar-refractivity contribution in [3.05, 3.63) is 0 Å². The van der Waals surface area contributed by atoms with Gasteiger partial charge in [-0.3, -0.25) is 19.3 Å². The van der Waals surface area contributed by atoms with Crippen molar-refractivity contribution in [3.8, 4) is 0 Å². The fourth-order valence-electron chi connectivity index (χ4n) is 2.50. The molecule has 1 aliphatic carbocycles. The number of carbonyl (C=O) groups is 3. The van der Waals surface area contributed by atoms with E-state index in [0.29, 0.717) is 0 Å². The quantitative estimate of drug-likeness (QED) is 0.561. The second kappa shape index (κ2) is 5.98. The number of amides is 2. The lowest BCUT2D eigenvalue weighted by Crippen LogP contribution is -2.32. The summed E-state index contributed by atoms with van der Waals surface area (Å²) in [4.78, 5) is 35.5. The molecule has 0 aromatic heterocycles. The third-order valence-electron chi connectivity index (χ3n) is 3.54. The second-order valence-corrected chi connectivity index (χ2v) is 4.94. The van der Waals surface area contributed by atoms with Gasteiger partial charge in [0.25, 0.3) is 0 Å². The van der Waals surface area contributed by atoms with E-state index in [1.807, 2.05) is 0 Å². The van der Waals surface area contributed by atoms with E-state index in [1.165, 1.54) is 11.3 Å². The summed E-state index contributed by atoms with van der Waals surface area (Å²) in [5.74, 6) is -0.648. The predicted octanol–water partition coefficient (Wildman–Crippen LogP) is 1.40. The van der Waals surface area contributed by atoms with Crippen LogP contribution >= 0.6 is 0 Å². The maximum absolute atomic E-state index is 11.6. The molecule has 1 heterocycles. The highest BCUT2D eigenvalue weighted by atomic mass is 16.5. The van der Waals surface area contributed by atoms with Gasteiger partial charge < -0.3 is 4.74 Å². The zero-order valence-electron chi connectivity index (χ0n) is 10.5. The molecular weight excluding hydrogens is 234 g/mol. The third-order valence-corrected chi connectivity index (χ3v) is 3.54. The number of likely N-dealkylation sites (tertiary alicyclic amines) is 1. The highest BCUT2D eigenvalue weighted by Gasteiger charge is 2.29. The number of rotatable bonds is 4. The molecule has 0 spiro atoms. The van der Waals surface area contributed by atoms with Gasteiger partial charge in [-0.2, -0.15) is 0 Å². The van der Waals surface area contributed by atoms with Gasteiger partial charge in [0.15, 0.2) is 0 Å². The summed E-state index contributed by atoms with van der Waals surface area (Å²) < 4.78 is 5.33. The topological polar surface area (TPSA) is 63.7 Å². The van der Waals surface area contributed by atoms with Crippen LogP contribution in [0.25, 0.3) is 0 Å². The molecule has 0 atom stereocenters. The molecule has 1 saturated heterocycles. The number of imide groups is 1. The summed E-state index contributed by atoms with van der Waals surface area (Å²) in [5, 5.41) is 0. The standard InChI is InChI=1S/C13H19NO4/c15-11-6-7-12(16)14(11)9-8-13(17)18-10-4-2-1-3-5-10/h10H,1-9H2. The molecule has 18 heavy (non-hydrogen) atoms. The minimum atomic E-state index is -0.297. The van der Waals surface area contributed by atoms with Crippen LogP contribution in [0.5, 0.6) is 0 Å². The number of esters is 1. The first kappa shape index (κ1) is 13.1. The first-order valence-electron chi connectivity index (χ1n) is 6.69. The van der Waals surface area contributed by atoms with E-state index in [4.69, 9.17) is 4.74 Å². The van der Waals surface area contributed by atoms with E-state index >= 15 is 0 Å². The molecule has 0 radical (unpaired) electrons. The summed E-state index contributed by atoms with van der Waals surface area (Å²) in [7, 11) is 0. The van der Waals surface area contributed by atoms with Crippen molar-refractivity contribution in [2.75, 3.05) is 6.54 Å². The Balaban J connectivity index is 1.71. The van der Waals surface area contributed by atoms with E-state index in [1.54, 1.807) is 0 Å². The SMILES string of the molecule is O=C(CCN1C(=O)CCC1=O)OC1CCCCC1. The van der Waals surface area contributed by atoms with Crippen molar-refractivity contribution in [2.24, 2.45) is 0 Å². The van der Waals surface area contributed by atoms with Gasteiger partial charge in [0.05, 0.1) is 6.42 Å². The number of hydrogen-bond donors (Lipinski definition) is 0.